The van der Waals surface area contributed by atoms with Crippen molar-refractivity contribution in [2.45, 2.75) is 13.0 Å². The van der Waals surface area contributed by atoms with Crippen LogP contribution < -0.4 is 11.1 Å². The summed E-state index contributed by atoms with van der Waals surface area (Å²) in [5.74, 6) is -0.632. The maximum Gasteiger partial charge on any atom is 0.337 e. The van der Waals surface area contributed by atoms with Crippen molar-refractivity contribution in [3.8, 4) is 0 Å². The summed E-state index contributed by atoms with van der Waals surface area (Å²) < 4.78 is 0. The van der Waals surface area contributed by atoms with Gasteiger partial charge in [0.1, 0.15) is 5.82 Å². The van der Waals surface area contributed by atoms with Crippen LogP contribution in [0.1, 0.15) is 17.3 Å². The van der Waals surface area contributed by atoms with Gasteiger partial charge in [0, 0.05) is 18.8 Å². The zero-order chi connectivity index (χ0) is 13.0. The van der Waals surface area contributed by atoms with Gasteiger partial charge >= 0.3 is 5.97 Å². The van der Waals surface area contributed by atoms with E-state index < -0.39 is 5.97 Å². The van der Waals surface area contributed by atoms with E-state index in [4.69, 9.17) is 10.8 Å². The molecule has 1 atom stereocenters. The number of carbonyl (C=O) groups is 1. The molecule has 1 rings (SSSR count). The minimum atomic E-state index is -1.05. The van der Waals surface area contributed by atoms with Crippen molar-refractivity contribution >= 4 is 17.5 Å². The van der Waals surface area contributed by atoms with Crippen molar-refractivity contribution < 1.29 is 9.90 Å². The fourth-order valence-electron chi connectivity index (χ4n) is 1.23. The van der Waals surface area contributed by atoms with Crippen LogP contribution in [-0.2, 0) is 0 Å². The average Bonchev–Trinajstić information content (AvgIpc) is 2.26. The third kappa shape index (κ3) is 3.32. The lowest BCUT2D eigenvalue weighted by molar-refractivity contribution is 0.0698. The number of nitrogens with one attached hydrogen (secondary N) is 1. The van der Waals surface area contributed by atoms with Crippen LogP contribution in [0.3, 0.4) is 0 Å². The van der Waals surface area contributed by atoms with Gasteiger partial charge in [-0.05, 0) is 27.1 Å². The zero-order valence-electron chi connectivity index (χ0n) is 10.3. The van der Waals surface area contributed by atoms with E-state index >= 15 is 0 Å². The van der Waals surface area contributed by atoms with Crippen molar-refractivity contribution in [3.63, 3.8) is 0 Å². The summed E-state index contributed by atoms with van der Waals surface area (Å²) in [4.78, 5) is 17.0. The molecule has 6 nitrogen and oxygen atoms in total. The topological polar surface area (TPSA) is 91.5 Å². The third-order valence-corrected chi connectivity index (χ3v) is 2.67. The second-order valence-corrected chi connectivity index (χ2v) is 4.12. The van der Waals surface area contributed by atoms with E-state index in [1.54, 1.807) is 0 Å². The van der Waals surface area contributed by atoms with Gasteiger partial charge in [0.05, 0.1) is 11.3 Å². The first-order valence-corrected chi connectivity index (χ1v) is 5.31. The van der Waals surface area contributed by atoms with Crippen LogP contribution in [0.4, 0.5) is 11.5 Å². The normalized spacial score (nSPS) is 12.5. The van der Waals surface area contributed by atoms with E-state index in [1.165, 1.54) is 12.3 Å². The fourth-order valence-corrected chi connectivity index (χ4v) is 1.23. The minimum Gasteiger partial charge on any atom is -0.478 e. The first kappa shape index (κ1) is 13.2. The summed E-state index contributed by atoms with van der Waals surface area (Å²) in [6.45, 7) is 2.69. The molecule has 0 saturated heterocycles. The number of hydrogen-bond acceptors (Lipinski definition) is 5. The highest BCUT2D eigenvalue weighted by Crippen LogP contribution is 2.19. The van der Waals surface area contributed by atoms with E-state index in [9.17, 15) is 4.79 Å². The van der Waals surface area contributed by atoms with Crippen LogP contribution >= 0.6 is 0 Å². The number of carboxylic acids is 1. The molecule has 0 aliphatic rings. The number of nitrogen functional groups attached to an aromatic ring is 1. The number of aromatic nitrogens is 1. The number of rotatable bonds is 5. The summed E-state index contributed by atoms with van der Waals surface area (Å²) in [5.41, 5.74) is 5.97. The summed E-state index contributed by atoms with van der Waals surface area (Å²) in [6.07, 6.45) is 1.43. The van der Waals surface area contributed by atoms with Crippen LogP contribution in [0.25, 0.3) is 0 Å². The standard InChI is InChI=1S/C11H18N4O2/c1-7(15(2)3)6-14-10-9(12)8(11(16)17)4-5-13-10/h4-5,7H,6,12H2,1-3H3,(H,13,14)(H,16,17). The molecule has 17 heavy (non-hydrogen) atoms. The molecule has 0 aromatic carbocycles. The number of likely N-dealkylation sites (N-methyl/N-ethyl adjacent to an activating group) is 1. The zero-order valence-corrected chi connectivity index (χ0v) is 10.3. The van der Waals surface area contributed by atoms with E-state index in [2.05, 4.69) is 10.3 Å². The highest BCUT2D eigenvalue weighted by molar-refractivity contribution is 5.96. The molecule has 4 N–H and O–H groups in total. The number of nitrogens with zero attached hydrogens (tertiary/aromatic N) is 2. The summed E-state index contributed by atoms with van der Waals surface area (Å²) in [6, 6.07) is 1.68. The van der Waals surface area contributed by atoms with Gasteiger partial charge in [0.15, 0.2) is 0 Å². The number of nitrogens with two attached hydrogens (primary N) is 1. The molecule has 0 saturated carbocycles. The Balaban J connectivity index is 2.79. The van der Waals surface area contributed by atoms with Crippen LogP contribution in [0, 0.1) is 0 Å². The van der Waals surface area contributed by atoms with Gasteiger partial charge in [0.25, 0.3) is 0 Å². The molecule has 1 heterocycles. The van der Waals surface area contributed by atoms with Crippen molar-refractivity contribution in [1.82, 2.24) is 9.88 Å². The molecule has 0 aliphatic carbocycles. The summed E-state index contributed by atoms with van der Waals surface area (Å²) in [5, 5.41) is 12.0. The Morgan fingerprint density at radius 2 is 2.29 bits per heavy atom. The number of aromatic carboxylic acids is 1. The lowest BCUT2D eigenvalue weighted by Gasteiger charge is -2.20. The third-order valence-electron chi connectivity index (χ3n) is 2.67. The Morgan fingerprint density at radius 3 is 2.82 bits per heavy atom. The molecule has 1 aromatic rings. The van der Waals surface area contributed by atoms with Crippen LogP contribution in [0.2, 0.25) is 0 Å². The monoisotopic (exact) mass is 238 g/mol. The van der Waals surface area contributed by atoms with Gasteiger partial charge in [-0.25, -0.2) is 9.78 Å². The molecule has 0 radical (unpaired) electrons. The van der Waals surface area contributed by atoms with Crippen LogP contribution in [0.5, 0.6) is 0 Å². The van der Waals surface area contributed by atoms with Gasteiger partial charge < -0.3 is 21.1 Å². The van der Waals surface area contributed by atoms with Crippen LogP contribution in [0.15, 0.2) is 12.3 Å². The number of hydrogen-bond donors (Lipinski definition) is 3. The van der Waals surface area contributed by atoms with Crippen molar-refractivity contribution in [2.75, 3.05) is 31.7 Å². The van der Waals surface area contributed by atoms with Crippen LogP contribution in [-0.4, -0.2) is 47.6 Å². The first-order valence-electron chi connectivity index (χ1n) is 5.31. The summed E-state index contributed by atoms with van der Waals surface area (Å²) in [7, 11) is 3.94. The molecule has 0 fully saturated rings. The molecular formula is C11H18N4O2. The molecular weight excluding hydrogens is 220 g/mol. The quantitative estimate of drug-likeness (QED) is 0.700. The predicted octanol–water partition coefficient (Wildman–Crippen LogP) is 0.724. The smallest absolute Gasteiger partial charge is 0.337 e. The SMILES string of the molecule is CC(CNc1nccc(C(=O)O)c1N)N(C)C. The Hall–Kier alpha value is -1.82. The van der Waals surface area contributed by atoms with Crippen molar-refractivity contribution in [1.29, 1.82) is 0 Å². The second kappa shape index (κ2) is 5.49. The Bertz CT molecular complexity index is 406. The molecule has 1 aromatic heterocycles. The van der Waals surface area contributed by atoms with Crippen molar-refractivity contribution in [3.05, 3.63) is 17.8 Å². The second-order valence-electron chi connectivity index (χ2n) is 4.12. The predicted molar refractivity (Wildman–Crippen MR) is 67.2 cm³/mol. The lowest BCUT2D eigenvalue weighted by Crippen LogP contribution is -2.32. The Morgan fingerprint density at radius 1 is 1.65 bits per heavy atom. The van der Waals surface area contributed by atoms with Gasteiger partial charge in [-0.2, -0.15) is 0 Å². The molecule has 1 unspecified atom stereocenters. The molecule has 6 heteroatoms. The Kier molecular flexibility index (Phi) is 4.28. The maximum atomic E-state index is 10.9. The number of pyridine rings is 1. The van der Waals surface area contributed by atoms with Gasteiger partial charge in [-0.15, -0.1) is 0 Å². The van der Waals surface area contributed by atoms with Gasteiger partial charge in [0.2, 0.25) is 0 Å². The maximum absolute atomic E-state index is 10.9. The minimum absolute atomic E-state index is 0.0695. The summed E-state index contributed by atoms with van der Waals surface area (Å²) >= 11 is 0. The molecule has 94 valence electrons. The first-order chi connectivity index (χ1) is 7.93. The highest BCUT2D eigenvalue weighted by Gasteiger charge is 2.13. The van der Waals surface area contributed by atoms with Gasteiger partial charge in [-0.1, -0.05) is 0 Å². The van der Waals surface area contributed by atoms with E-state index in [-0.39, 0.29) is 11.3 Å². The molecule has 0 bridgehead atoms. The molecule has 0 amide bonds. The van der Waals surface area contributed by atoms with E-state index in [0.29, 0.717) is 18.4 Å². The van der Waals surface area contributed by atoms with Crippen molar-refractivity contribution in [2.24, 2.45) is 0 Å². The molecule has 0 aliphatic heterocycles. The lowest BCUT2D eigenvalue weighted by atomic mass is 10.2. The van der Waals surface area contributed by atoms with Gasteiger partial charge in [-0.3, -0.25) is 0 Å². The largest absolute Gasteiger partial charge is 0.478 e. The number of anilines is 2. The Labute approximate surface area is 100 Å². The highest BCUT2D eigenvalue weighted by atomic mass is 16.4. The van der Waals surface area contributed by atoms with E-state index in [1.807, 2.05) is 25.9 Å². The average molecular weight is 238 g/mol. The number of carboxylic acid groups (broad SMARTS) is 1. The molecule has 0 spiro atoms. The van der Waals surface area contributed by atoms with E-state index in [0.717, 1.165) is 0 Å². The fraction of sp³-hybridized carbons (Fsp3) is 0.455.